The topological polar surface area (TPSA) is 95.1 Å². The molecule has 1 heterocycles. The van der Waals surface area contributed by atoms with Gasteiger partial charge in [-0.2, -0.15) is 0 Å². The van der Waals surface area contributed by atoms with Crippen LogP contribution >= 0.6 is 11.8 Å². The molecule has 0 aromatic heterocycles. The fourth-order valence-corrected chi connectivity index (χ4v) is 4.29. The summed E-state index contributed by atoms with van der Waals surface area (Å²) in [6, 6.07) is 17.6. The molecule has 0 aliphatic carbocycles. The third kappa shape index (κ3) is 5.99. The monoisotopic (exact) mass is 494 g/mol. The molecule has 0 saturated carbocycles. The van der Waals surface area contributed by atoms with Crippen molar-refractivity contribution in [2.45, 2.75) is 17.1 Å². The van der Waals surface area contributed by atoms with Gasteiger partial charge in [-0.15, -0.1) is 11.8 Å². The van der Waals surface area contributed by atoms with E-state index in [1.807, 2.05) is 19.1 Å². The Hall–Kier alpha value is -3.85. The van der Waals surface area contributed by atoms with Crippen LogP contribution in [-0.2, 0) is 4.79 Å². The van der Waals surface area contributed by atoms with E-state index in [4.69, 9.17) is 18.9 Å². The first-order valence-corrected chi connectivity index (χ1v) is 11.9. The molecule has 1 unspecified atom stereocenters. The molecule has 1 aliphatic rings. The van der Waals surface area contributed by atoms with Crippen LogP contribution in [0.1, 0.15) is 17.3 Å². The van der Waals surface area contributed by atoms with Gasteiger partial charge in [0.1, 0.15) is 13.2 Å². The number of amides is 2. The summed E-state index contributed by atoms with van der Waals surface area (Å²) >= 11 is 1.42. The predicted molar refractivity (Wildman–Crippen MR) is 135 cm³/mol. The first-order valence-electron chi connectivity index (χ1n) is 11.0. The molecule has 0 radical (unpaired) electrons. The number of fused-ring (bicyclic) bond motifs is 1. The second-order valence-electron chi connectivity index (χ2n) is 7.66. The van der Waals surface area contributed by atoms with Gasteiger partial charge in [0.05, 0.1) is 19.5 Å². The summed E-state index contributed by atoms with van der Waals surface area (Å²) in [6.07, 6.45) is 0. The summed E-state index contributed by atoms with van der Waals surface area (Å²) < 4.78 is 21.5. The third-order valence-corrected chi connectivity index (χ3v) is 6.36. The number of methoxy groups -OCH3 is 2. The van der Waals surface area contributed by atoms with E-state index >= 15 is 0 Å². The number of ether oxygens (including phenoxy) is 4. The van der Waals surface area contributed by atoms with Crippen LogP contribution in [0.4, 0.5) is 11.4 Å². The fraction of sp³-hybridized carbons (Fsp3) is 0.231. The molecule has 3 aromatic rings. The number of hydrogen-bond donors (Lipinski definition) is 2. The van der Waals surface area contributed by atoms with Crippen molar-refractivity contribution in [3.63, 3.8) is 0 Å². The SMILES string of the molecule is COc1ccc(C(=O)Nc2ccc(SC(C)C(=O)Nc3ccc4c(c3)OCCO4)cc2)cc1OC. The number of benzene rings is 3. The number of hydrogen-bond acceptors (Lipinski definition) is 7. The van der Waals surface area contributed by atoms with Crippen LogP contribution < -0.4 is 29.6 Å². The van der Waals surface area contributed by atoms with E-state index in [1.54, 1.807) is 55.6 Å². The van der Waals surface area contributed by atoms with Crippen LogP contribution in [0.2, 0.25) is 0 Å². The number of rotatable bonds is 8. The molecular weight excluding hydrogens is 468 g/mol. The van der Waals surface area contributed by atoms with E-state index in [1.165, 1.54) is 18.9 Å². The first-order chi connectivity index (χ1) is 17.0. The normalized spacial score (nSPS) is 12.9. The summed E-state index contributed by atoms with van der Waals surface area (Å²) in [5.41, 5.74) is 1.74. The molecule has 9 heteroatoms. The van der Waals surface area contributed by atoms with Crippen molar-refractivity contribution in [3.8, 4) is 23.0 Å². The fourth-order valence-electron chi connectivity index (χ4n) is 3.42. The highest BCUT2D eigenvalue weighted by molar-refractivity contribution is 8.00. The van der Waals surface area contributed by atoms with Gasteiger partial charge >= 0.3 is 0 Å². The summed E-state index contributed by atoms with van der Waals surface area (Å²) in [7, 11) is 3.06. The number of thioether (sulfide) groups is 1. The summed E-state index contributed by atoms with van der Waals surface area (Å²) in [4.78, 5) is 26.2. The van der Waals surface area contributed by atoms with Crippen molar-refractivity contribution in [1.82, 2.24) is 0 Å². The Bertz CT molecular complexity index is 1210. The van der Waals surface area contributed by atoms with E-state index in [-0.39, 0.29) is 17.1 Å². The minimum Gasteiger partial charge on any atom is -0.493 e. The van der Waals surface area contributed by atoms with Crippen molar-refractivity contribution in [2.24, 2.45) is 0 Å². The molecule has 35 heavy (non-hydrogen) atoms. The van der Waals surface area contributed by atoms with Crippen LogP contribution in [-0.4, -0.2) is 44.5 Å². The van der Waals surface area contributed by atoms with Crippen molar-refractivity contribution in [2.75, 3.05) is 38.1 Å². The van der Waals surface area contributed by atoms with Gasteiger partial charge in [0.25, 0.3) is 5.91 Å². The average Bonchev–Trinajstić information content (AvgIpc) is 2.89. The van der Waals surface area contributed by atoms with Crippen molar-refractivity contribution < 1.29 is 28.5 Å². The predicted octanol–water partition coefficient (Wildman–Crippen LogP) is 4.85. The molecular formula is C26H26N2O6S. The Balaban J connectivity index is 1.33. The molecule has 182 valence electrons. The lowest BCUT2D eigenvalue weighted by Crippen LogP contribution is -2.22. The summed E-state index contributed by atoms with van der Waals surface area (Å²) in [5.74, 6) is 1.94. The Morgan fingerprint density at radius 2 is 1.51 bits per heavy atom. The largest absolute Gasteiger partial charge is 0.493 e. The zero-order chi connectivity index (χ0) is 24.8. The maximum atomic E-state index is 12.7. The maximum Gasteiger partial charge on any atom is 0.255 e. The van der Waals surface area contributed by atoms with Gasteiger partial charge in [0.15, 0.2) is 23.0 Å². The van der Waals surface area contributed by atoms with Gasteiger partial charge in [-0.1, -0.05) is 0 Å². The molecule has 2 amide bonds. The number of carbonyl (C=O) groups is 2. The molecule has 2 N–H and O–H groups in total. The standard InChI is InChI=1S/C26H26N2O6S/c1-16(25(29)28-19-7-11-22-24(15-19)34-13-12-33-22)35-20-8-5-18(6-9-20)27-26(30)17-4-10-21(31-2)23(14-17)32-3/h4-11,14-16H,12-13H2,1-3H3,(H,27,30)(H,28,29). The molecule has 1 atom stereocenters. The summed E-state index contributed by atoms with van der Waals surface area (Å²) in [5, 5.41) is 5.44. The van der Waals surface area contributed by atoms with Gasteiger partial charge in [0, 0.05) is 27.9 Å². The van der Waals surface area contributed by atoms with E-state index in [0.717, 1.165) is 4.90 Å². The number of nitrogens with one attached hydrogen (secondary N) is 2. The Kier molecular flexibility index (Phi) is 7.67. The van der Waals surface area contributed by atoms with Crippen LogP contribution in [0.25, 0.3) is 0 Å². The van der Waals surface area contributed by atoms with Crippen molar-refractivity contribution >= 4 is 35.0 Å². The van der Waals surface area contributed by atoms with E-state index < -0.39 is 0 Å². The smallest absolute Gasteiger partial charge is 0.255 e. The van der Waals surface area contributed by atoms with Crippen molar-refractivity contribution in [1.29, 1.82) is 0 Å². The summed E-state index contributed by atoms with van der Waals surface area (Å²) in [6.45, 7) is 2.84. The lowest BCUT2D eigenvalue weighted by atomic mass is 10.2. The number of anilines is 2. The van der Waals surface area contributed by atoms with Crippen molar-refractivity contribution in [3.05, 3.63) is 66.2 Å². The lowest BCUT2D eigenvalue weighted by molar-refractivity contribution is -0.115. The molecule has 3 aromatic carbocycles. The average molecular weight is 495 g/mol. The quantitative estimate of drug-likeness (QED) is 0.433. The molecule has 8 nitrogen and oxygen atoms in total. The Morgan fingerprint density at radius 1 is 0.829 bits per heavy atom. The lowest BCUT2D eigenvalue weighted by Gasteiger charge is -2.19. The molecule has 4 rings (SSSR count). The van der Waals surface area contributed by atoms with Crippen LogP contribution in [0.3, 0.4) is 0 Å². The second kappa shape index (κ2) is 11.1. The molecule has 0 saturated heterocycles. The second-order valence-corrected chi connectivity index (χ2v) is 9.07. The Morgan fingerprint density at radius 3 is 2.23 bits per heavy atom. The Labute approximate surface area is 207 Å². The van der Waals surface area contributed by atoms with Gasteiger partial charge in [-0.05, 0) is 61.5 Å². The van der Waals surface area contributed by atoms with Gasteiger partial charge in [-0.3, -0.25) is 9.59 Å². The molecule has 0 bridgehead atoms. The van der Waals surface area contributed by atoms with Gasteiger partial charge in [-0.25, -0.2) is 0 Å². The van der Waals surface area contributed by atoms with Gasteiger partial charge < -0.3 is 29.6 Å². The maximum absolute atomic E-state index is 12.7. The van der Waals surface area contributed by atoms with Crippen LogP contribution in [0.5, 0.6) is 23.0 Å². The molecule has 0 spiro atoms. The van der Waals surface area contributed by atoms with E-state index in [2.05, 4.69) is 10.6 Å². The zero-order valence-corrected chi connectivity index (χ0v) is 20.4. The highest BCUT2D eigenvalue weighted by Crippen LogP contribution is 2.33. The van der Waals surface area contributed by atoms with Crippen LogP contribution in [0, 0.1) is 0 Å². The highest BCUT2D eigenvalue weighted by Gasteiger charge is 2.17. The highest BCUT2D eigenvalue weighted by atomic mass is 32.2. The zero-order valence-electron chi connectivity index (χ0n) is 19.6. The first kappa shape index (κ1) is 24.3. The third-order valence-electron chi connectivity index (χ3n) is 5.25. The molecule has 0 fully saturated rings. The van der Waals surface area contributed by atoms with Gasteiger partial charge in [0.2, 0.25) is 5.91 Å². The minimum atomic E-state index is -0.338. The minimum absolute atomic E-state index is 0.127. The van der Waals surface area contributed by atoms with Crippen LogP contribution in [0.15, 0.2) is 65.6 Å². The molecule has 1 aliphatic heterocycles. The van der Waals surface area contributed by atoms with E-state index in [0.29, 0.717) is 53.2 Å². The number of carbonyl (C=O) groups excluding carboxylic acids is 2. The van der Waals surface area contributed by atoms with E-state index in [9.17, 15) is 9.59 Å².